The minimum atomic E-state index is -0.541. The van der Waals surface area contributed by atoms with Gasteiger partial charge in [0.1, 0.15) is 18.0 Å². The molecule has 56 heavy (non-hydrogen) atoms. The Labute approximate surface area is 333 Å². The zero-order chi connectivity index (χ0) is 40.1. The van der Waals surface area contributed by atoms with Crippen LogP contribution in [0.1, 0.15) is 114 Å². The number of rotatable bonds is 13. The Kier molecular flexibility index (Phi) is 10.7. The van der Waals surface area contributed by atoms with Crippen LogP contribution in [0.5, 0.6) is 0 Å². The van der Waals surface area contributed by atoms with Gasteiger partial charge in [0.15, 0.2) is 10.9 Å². The van der Waals surface area contributed by atoms with Crippen LogP contribution in [0, 0.1) is 30.1 Å². The van der Waals surface area contributed by atoms with Crippen molar-refractivity contribution in [2.24, 2.45) is 16.2 Å². The van der Waals surface area contributed by atoms with Crippen LogP contribution in [0.3, 0.4) is 0 Å². The normalized spacial score (nSPS) is 23.4. The second-order valence-electron chi connectivity index (χ2n) is 18.6. The zero-order valence-corrected chi connectivity index (χ0v) is 35.0. The van der Waals surface area contributed by atoms with E-state index in [1.54, 1.807) is 12.1 Å². The number of para-hydroxylation sites is 1. The molecule has 0 spiro atoms. The summed E-state index contributed by atoms with van der Waals surface area (Å²) in [6.07, 6.45) is 6.96. The third-order valence-corrected chi connectivity index (χ3v) is 11.9. The molecule has 0 saturated heterocycles. The van der Waals surface area contributed by atoms with Gasteiger partial charge in [0, 0.05) is 23.4 Å². The molecular formula is C43H55N7O5S. The lowest BCUT2D eigenvalue weighted by molar-refractivity contribution is -0.356. The summed E-state index contributed by atoms with van der Waals surface area (Å²) in [6.45, 7) is 20.3. The molecule has 5 aromatic rings. The summed E-state index contributed by atoms with van der Waals surface area (Å²) in [6, 6.07) is 13.3. The van der Waals surface area contributed by atoms with Gasteiger partial charge in [-0.25, -0.2) is 19.7 Å². The number of hydrogen-bond donors (Lipinski definition) is 2. The average molecular weight is 782 g/mol. The van der Waals surface area contributed by atoms with E-state index in [2.05, 4.69) is 59.8 Å². The van der Waals surface area contributed by atoms with Crippen LogP contribution in [0.4, 0.5) is 10.9 Å². The number of thiazole rings is 1. The van der Waals surface area contributed by atoms with Crippen molar-refractivity contribution in [3.05, 3.63) is 77.0 Å². The van der Waals surface area contributed by atoms with Gasteiger partial charge in [-0.3, -0.25) is 9.48 Å². The quantitative estimate of drug-likeness (QED) is 0.0671. The highest BCUT2D eigenvalue weighted by molar-refractivity contribution is 7.22. The van der Waals surface area contributed by atoms with Crippen molar-refractivity contribution >= 4 is 38.3 Å². The number of nitrogens with zero attached hydrogens (tertiary/aromatic N) is 6. The van der Waals surface area contributed by atoms with Gasteiger partial charge in [0.05, 0.1) is 46.5 Å². The maximum atomic E-state index is 13.9. The minimum Gasteiger partial charge on any atom is -0.394 e. The third-order valence-electron chi connectivity index (χ3n) is 10.9. The maximum absolute atomic E-state index is 13.9. The number of carbonyl (C=O) groups is 1. The molecule has 0 aliphatic heterocycles. The summed E-state index contributed by atoms with van der Waals surface area (Å²) in [5.74, 6) is 0.176. The van der Waals surface area contributed by atoms with E-state index >= 15 is 0 Å². The number of fused-ring (bicyclic) bond motifs is 3. The van der Waals surface area contributed by atoms with Crippen molar-refractivity contribution in [3.63, 3.8) is 0 Å². The second kappa shape index (κ2) is 15.0. The van der Waals surface area contributed by atoms with E-state index in [4.69, 9.17) is 24.6 Å². The predicted octanol–water partition coefficient (Wildman–Crippen LogP) is 8.95. The van der Waals surface area contributed by atoms with Crippen molar-refractivity contribution in [2.45, 2.75) is 119 Å². The highest BCUT2D eigenvalue weighted by Gasteiger charge is 2.58. The van der Waals surface area contributed by atoms with Crippen LogP contribution in [-0.2, 0) is 27.7 Å². The molecule has 2 aliphatic rings. The van der Waals surface area contributed by atoms with Crippen molar-refractivity contribution in [2.75, 3.05) is 18.5 Å². The van der Waals surface area contributed by atoms with Crippen molar-refractivity contribution in [3.8, 4) is 11.1 Å². The van der Waals surface area contributed by atoms with Gasteiger partial charge in [0.25, 0.3) is 0 Å². The molecule has 2 bridgehead atoms. The summed E-state index contributed by atoms with van der Waals surface area (Å²) in [5.41, 5.74) is 4.70. The molecule has 1 aromatic carbocycles. The summed E-state index contributed by atoms with van der Waals surface area (Å²) in [5, 5.41) is 27.2. The number of aromatic nitrogens is 6. The number of pyridine rings is 1. The Hall–Kier alpha value is -4.14. The van der Waals surface area contributed by atoms with Crippen molar-refractivity contribution in [1.29, 1.82) is 0 Å². The highest BCUT2D eigenvalue weighted by atomic mass is 32.1. The molecule has 2 aliphatic carbocycles. The topological polar surface area (TPSA) is 146 Å². The Bertz CT molecular complexity index is 2210. The molecule has 298 valence electrons. The molecule has 3 unspecified atom stereocenters. The molecule has 0 radical (unpaired) electrons. The molecular weight excluding hydrogens is 727 g/mol. The molecule has 4 aromatic heterocycles. The number of ketones is 1. The SMILES string of the molecule is Cc1cc(C(=O)c2ccc(-c3cnn(CC4(C)CC5(C)CC(C)(C)CC(OCCO)(C4)C5)c3C)c(COOC(C)(C)C)n2)nnc1Nc1nc2ccccc2s1. The van der Waals surface area contributed by atoms with Gasteiger partial charge in [-0.1, -0.05) is 57.2 Å². The van der Waals surface area contributed by atoms with Crippen molar-refractivity contribution in [1.82, 2.24) is 29.9 Å². The average Bonchev–Trinajstić information content (AvgIpc) is 3.67. The zero-order valence-electron chi connectivity index (χ0n) is 34.2. The molecule has 7 rings (SSSR count). The first-order chi connectivity index (χ1) is 26.4. The molecule has 2 N–H and O–H groups in total. The first-order valence-corrected chi connectivity index (χ1v) is 20.3. The fraction of sp³-hybridized carbons (Fsp3) is 0.535. The molecule has 2 fully saturated rings. The number of hydrogen-bond acceptors (Lipinski definition) is 12. The second-order valence-corrected chi connectivity index (χ2v) is 19.6. The Balaban J connectivity index is 1.14. The highest BCUT2D eigenvalue weighted by Crippen LogP contribution is 2.63. The number of ether oxygens (including phenoxy) is 1. The van der Waals surface area contributed by atoms with Gasteiger partial charge < -0.3 is 15.2 Å². The number of aliphatic hydroxyl groups excluding tert-OH is 1. The Morgan fingerprint density at radius 1 is 0.946 bits per heavy atom. The molecule has 4 heterocycles. The molecule has 12 nitrogen and oxygen atoms in total. The summed E-state index contributed by atoms with van der Waals surface area (Å²) in [4.78, 5) is 34.7. The van der Waals surface area contributed by atoms with E-state index in [-0.39, 0.29) is 52.2 Å². The number of aliphatic hydroxyl groups is 1. The molecule has 0 amide bonds. The van der Waals surface area contributed by atoms with Gasteiger partial charge >= 0.3 is 0 Å². The number of aryl methyl sites for hydroxylation is 1. The van der Waals surface area contributed by atoms with Gasteiger partial charge in [-0.2, -0.15) is 5.10 Å². The van der Waals surface area contributed by atoms with Gasteiger partial charge in [0.2, 0.25) is 5.78 Å². The number of nitrogens with one attached hydrogen (secondary N) is 1. The third kappa shape index (κ3) is 8.72. The first kappa shape index (κ1) is 40.1. The van der Waals surface area contributed by atoms with Gasteiger partial charge in [-0.15, -0.1) is 10.2 Å². The van der Waals surface area contributed by atoms with E-state index in [0.29, 0.717) is 23.3 Å². The molecule has 2 saturated carbocycles. The maximum Gasteiger partial charge on any atom is 0.231 e. The van der Waals surface area contributed by atoms with Crippen LogP contribution < -0.4 is 5.32 Å². The van der Waals surface area contributed by atoms with E-state index in [0.717, 1.165) is 71.2 Å². The standard InChI is InChI=1S/C43H55N7O5S/c1-27-18-33(48-49-37(27)47-38-46-31-12-10-11-13-35(31)56-38)36(52)32-15-14-29(34(45-32)20-54-55-39(3,4)5)30-19-44-50(28(30)2)26-42(9)23-41(8)21-40(6,7)22-43(24-41,25-42)53-17-16-51/h10-15,18-19,51H,16-17,20-26H2,1-9H3,(H,46,47,49). The van der Waals surface area contributed by atoms with E-state index < -0.39 is 5.60 Å². The van der Waals surface area contributed by atoms with Crippen LogP contribution in [0.2, 0.25) is 0 Å². The molecule has 3 atom stereocenters. The van der Waals surface area contributed by atoms with Crippen LogP contribution in [-0.4, -0.2) is 65.3 Å². The van der Waals surface area contributed by atoms with Crippen LogP contribution in [0.25, 0.3) is 21.3 Å². The Morgan fingerprint density at radius 3 is 2.46 bits per heavy atom. The Morgan fingerprint density at radius 2 is 1.73 bits per heavy atom. The largest absolute Gasteiger partial charge is 0.394 e. The number of benzene rings is 1. The van der Waals surface area contributed by atoms with E-state index in [9.17, 15) is 9.90 Å². The summed E-state index contributed by atoms with van der Waals surface area (Å²) < 4.78 is 9.72. The monoisotopic (exact) mass is 781 g/mol. The first-order valence-electron chi connectivity index (χ1n) is 19.5. The van der Waals surface area contributed by atoms with Crippen molar-refractivity contribution < 1.29 is 24.4 Å². The lowest BCUT2D eigenvalue weighted by atomic mass is 9.48. The number of carbonyl (C=O) groups excluding carboxylic acids is 1. The van der Waals surface area contributed by atoms with Crippen LogP contribution in [0.15, 0.2) is 48.7 Å². The lowest BCUT2D eigenvalue weighted by Gasteiger charge is -2.61. The van der Waals surface area contributed by atoms with Crippen LogP contribution >= 0.6 is 11.3 Å². The fourth-order valence-electron chi connectivity index (χ4n) is 10.00. The fourth-order valence-corrected chi connectivity index (χ4v) is 10.9. The predicted molar refractivity (Wildman–Crippen MR) is 218 cm³/mol. The summed E-state index contributed by atoms with van der Waals surface area (Å²) >= 11 is 1.53. The summed E-state index contributed by atoms with van der Waals surface area (Å²) in [7, 11) is 0. The number of anilines is 2. The molecule has 13 heteroatoms. The lowest BCUT2D eigenvalue weighted by Crippen LogP contribution is -2.57. The van der Waals surface area contributed by atoms with E-state index in [1.165, 1.54) is 11.3 Å². The smallest absolute Gasteiger partial charge is 0.231 e. The van der Waals surface area contributed by atoms with Gasteiger partial charge in [-0.05, 0) is 113 Å². The minimum absolute atomic E-state index is 0.0185. The van der Waals surface area contributed by atoms with E-state index in [1.807, 2.05) is 64.2 Å².